The lowest BCUT2D eigenvalue weighted by atomic mass is 9.88. The van der Waals surface area contributed by atoms with E-state index in [4.69, 9.17) is 23.2 Å². The van der Waals surface area contributed by atoms with Crippen molar-refractivity contribution in [2.45, 2.75) is 37.7 Å². The minimum Gasteiger partial charge on any atom is -0.366 e. The summed E-state index contributed by atoms with van der Waals surface area (Å²) >= 11 is 6.03. The topological polar surface area (TPSA) is 12.5 Å². The molecule has 0 aliphatic carbocycles. The van der Waals surface area contributed by atoms with E-state index in [-0.39, 0.29) is 12.6 Å². The Bertz CT molecular complexity index is 812. The van der Waals surface area contributed by atoms with Crippen molar-refractivity contribution in [1.29, 1.82) is 0 Å². The van der Waals surface area contributed by atoms with Gasteiger partial charge in [-0.1, -0.05) is 54.1 Å². The SMILES string of the molecule is [2H]C([2H])(CO[C@@](c1ccccc1)(c1ccc(Cl)cc1)C([2H])([2H])[2H])[C@H]1CCCN1C. The number of ether oxygens (including phenoxy) is 1. The van der Waals surface area contributed by atoms with Gasteiger partial charge in [0.05, 0.1) is 0 Å². The van der Waals surface area contributed by atoms with Crippen molar-refractivity contribution >= 4 is 11.6 Å². The van der Waals surface area contributed by atoms with Gasteiger partial charge in [-0.15, -0.1) is 0 Å². The maximum atomic E-state index is 8.59. The zero-order valence-corrected chi connectivity index (χ0v) is 14.6. The quantitative estimate of drug-likeness (QED) is 0.719. The molecule has 0 amide bonds. The lowest BCUT2D eigenvalue weighted by Crippen LogP contribution is -2.31. The van der Waals surface area contributed by atoms with Gasteiger partial charge in [0.15, 0.2) is 0 Å². The van der Waals surface area contributed by atoms with E-state index in [9.17, 15) is 0 Å². The molecular formula is C21H26ClNO. The van der Waals surface area contributed by atoms with Gasteiger partial charge in [-0.2, -0.15) is 0 Å². The second kappa shape index (κ2) is 7.69. The predicted octanol–water partition coefficient (Wildman–Crippen LogP) is 5.10. The summed E-state index contributed by atoms with van der Waals surface area (Å²) < 4.78 is 48.4. The van der Waals surface area contributed by atoms with Crippen LogP contribution in [0.4, 0.5) is 0 Å². The maximum absolute atomic E-state index is 8.59. The molecule has 0 bridgehead atoms. The highest BCUT2D eigenvalue weighted by Crippen LogP contribution is 2.34. The van der Waals surface area contributed by atoms with Crippen molar-refractivity contribution in [3.05, 3.63) is 70.7 Å². The molecule has 128 valence electrons. The zero-order chi connectivity index (χ0) is 21.3. The normalized spacial score (nSPS) is 25.1. The van der Waals surface area contributed by atoms with E-state index in [0.29, 0.717) is 16.1 Å². The highest BCUT2D eigenvalue weighted by atomic mass is 35.5. The number of hydrogen-bond donors (Lipinski definition) is 0. The van der Waals surface area contributed by atoms with Gasteiger partial charge in [-0.3, -0.25) is 0 Å². The Kier molecular flexibility index (Phi) is 3.87. The van der Waals surface area contributed by atoms with Crippen molar-refractivity contribution in [3.63, 3.8) is 0 Å². The fourth-order valence-corrected chi connectivity index (χ4v) is 3.23. The molecule has 2 atom stereocenters. The molecule has 2 aromatic rings. The molecule has 0 saturated carbocycles. The third kappa shape index (κ3) is 3.83. The highest BCUT2D eigenvalue weighted by molar-refractivity contribution is 6.30. The molecule has 3 rings (SSSR count). The van der Waals surface area contributed by atoms with Gasteiger partial charge in [0.1, 0.15) is 5.60 Å². The Morgan fingerprint density at radius 3 is 2.54 bits per heavy atom. The van der Waals surface area contributed by atoms with Crippen LogP contribution >= 0.6 is 11.6 Å². The van der Waals surface area contributed by atoms with Gasteiger partial charge >= 0.3 is 0 Å². The Morgan fingerprint density at radius 1 is 1.21 bits per heavy atom. The summed E-state index contributed by atoms with van der Waals surface area (Å²) in [6.07, 6.45) is -0.0518. The van der Waals surface area contributed by atoms with E-state index in [1.54, 1.807) is 48.5 Å². The van der Waals surface area contributed by atoms with Gasteiger partial charge in [0.2, 0.25) is 0 Å². The molecule has 1 aliphatic heterocycles. The number of likely N-dealkylation sites (tertiary alicyclic amines) is 1. The van der Waals surface area contributed by atoms with Crippen LogP contribution in [-0.2, 0) is 10.3 Å². The van der Waals surface area contributed by atoms with Crippen LogP contribution in [0.25, 0.3) is 0 Å². The average Bonchev–Trinajstić information content (AvgIpc) is 3.10. The molecule has 2 aromatic carbocycles. The highest BCUT2D eigenvalue weighted by Gasteiger charge is 2.30. The Morgan fingerprint density at radius 2 is 1.92 bits per heavy atom. The third-order valence-corrected chi connectivity index (χ3v) is 4.81. The largest absolute Gasteiger partial charge is 0.366 e. The van der Waals surface area contributed by atoms with Crippen LogP contribution in [0.3, 0.4) is 0 Å². The van der Waals surface area contributed by atoms with Crippen LogP contribution in [-0.4, -0.2) is 31.1 Å². The first-order valence-electron chi connectivity index (χ1n) is 10.7. The summed E-state index contributed by atoms with van der Waals surface area (Å²) in [5, 5.41) is 0.490. The van der Waals surface area contributed by atoms with Gasteiger partial charge in [-0.05, 0) is 62.9 Å². The molecule has 0 N–H and O–H groups in total. The van der Waals surface area contributed by atoms with Crippen LogP contribution in [0.15, 0.2) is 54.6 Å². The van der Waals surface area contributed by atoms with Crippen molar-refractivity contribution < 1.29 is 11.6 Å². The molecule has 1 heterocycles. The molecule has 24 heavy (non-hydrogen) atoms. The molecule has 0 unspecified atom stereocenters. The molecule has 0 aromatic heterocycles. The molecule has 2 nitrogen and oxygen atoms in total. The second-order valence-corrected chi connectivity index (χ2v) is 6.62. The zero-order valence-electron chi connectivity index (χ0n) is 18.8. The predicted molar refractivity (Wildman–Crippen MR) is 101 cm³/mol. The van der Waals surface area contributed by atoms with E-state index < -0.39 is 18.8 Å². The first-order valence-corrected chi connectivity index (χ1v) is 8.61. The van der Waals surface area contributed by atoms with Gasteiger partial charge in [0, 0.05) is 24.5 Å². The number of hydrogen-bond acceptors (Lipinski definition) is 2. The van der Waals surface area contributed by atoms with Gasteiger partial charge in [0.25, 0.3) is 0 Å². The van der Waals surface area contributed by atoms with Crippen LogP contribution in [0, 0.1) is 0 Å². The number of benzene rings is 2. The summed E-state index contributed by atoms with van der Waals surface area (Å²) in [4.78, 5) is 1.98. The van der Waals surface area contributed by atoms with E-state index in [0.717, 1.165) is 19.4 Å². The van der Waals surface area contributed by atoms with E-state index >= 15 is 0 Å². The van der Waals surface area contributed by atoms with Crippen LogP contribution in [0.1, 0.15) is 44.0 Å². The lowest BCUT2D eigenvalue weighted by molar-refractivity contribution is -0.0117. The average molecular weight is 349 g/mol. The van der Waals surface area contributed by atoms with E-state index in [2.05, 4.69) is 0 Å². The number of halogens is 1. The smallest absolute Gasteiger partial charge is 0.115 e. The van der Waals surface area contributed by atoms with Crippen LogP contribution in [0.5, 0.6) is 0 Å². The number of nitrogens with zero attached hydrogens (tertiary/aromatic N) is 1. The minimum atomic E-state index is -2.57. The van der Waals surface area contributed by atoms with E-state index in [1.165, 1.54) is 0 Å². The van der Waals surface area contributed by atoms with Gasteiger partial charge in [-0.25, -0.2) is 0 Å². The van der Waals surface area contributed by atoms with Crippen LogP contribution in [0.2, 0.25) is 5.02 Å². The monoisotopic (exact) mass is 348 g/mol. The molecule has 1 aliphatic rings. The molecular weight excluding hydrogens is 318 g/mol. The first kappa shape index (κ1) is 12.1. The van der Waals surface area contributed by atoms with Crippen LogP contribution < -0.4 is 0 Å². The summed E-state index contributed by atoms with van der Waals surface area (Å²) in [7, 11) is 1.89. The molecule has 3 heteroatoms. The summed E-state index contributed by atoms with van der Waals surface area (Å²) in [5.74, 6) is 0. The Balaban J connectivity index is 2.06. The third-order valence-electron chi connectivity index (χ3n) is 4.56. The maximum Gasteiger partial charge on any atom is 0.115 e. The Labute approximate surface area is 157 Å². The van der Waals surface area contributed by atoms with E-state index in [1.807, 2.05) is 18.0 Å². The van der Waals surface area contributed by atoms with Crippen molar-refractivity contribution in [2.24, 2.45) is 0 Å². The minimum absolute atomic E-state index is 0.308. The fraction of sp³-hybridized carbons (Fsp3) is 0.429. The van der Waals surface area contributed by atoms with Crippen molar-refractivity contribution in [3.8, 4) is 0 Å². The summed E-state index contributed by atoms with van der Waals surface area (Å²) in [5.41, 5.74) is -0.926. The first-order chi connectivity index (χ1) is 13.6. The molecule has 1 saturated heterocycles. The van der Waals surface area contributed by atoms with Crippen molar-refractivity contribution in [2.75, 3.05) is 20.2 Å². The molecule has 1 fully saturated rings. The molecule has 0 radical (unpaired) electrons. The summed E-state index contributed by atoms with van der Waals surface area (Å²) in [6.45, 7) is -2.08. The molecule has 0 spiro atoms. The Hall–Kier alpha value is -1.35. The fourth-order valence-electron chi connectivity index (χ4n) is 3.11. The summed E-state index contributed by atoms with van der Waals surface area (Å²) in [6, 6.07) is 15.0. The second-order valence-electron chi connectivity index (χ2n) is 6.19. The lowest BCUT2D eigenvalue weighted by Gasteiger charge is -2.32. The number of rotatable bonds is 6. The van der Waals surface area contributed by atoms with Gasteiger partial charge < -0.3 is 9.64 Å². The van der Waals surface area contributed by atoms with Crippen molar-refractivity contribution in [1.82, 2.24) is 4.90 Å². The standard InChI is InChI=1S/C21H26ClNO/c1-21(17-7-4-3-5-8-17,18-10-12-19(22)13-11-18)24-16-14-20-9-6-15-23(20)2/h3-5,7-8,10-13,20H,6,9,14-16H2,1-2H3/t20-,21+/m1/s1/i1D3,14D2.